The van der Waals surface area contributed by atoms with Gasteiger partial charge in [0.2, 0.25) is 0 Å². The summed E-state index contributed by atoms with van der Waals surface area (Å²) in [5, 5.41) is 8.17. The van der Waals surface area contributed by atoms with Crippen LogP contribution >= 0.6 is 10.6 Å². The molecule has 32 heavy (non-hydrogen) atoms. The van der Waals surface area contributed by atoms with Gasteiger partial charge in [0.1, 0.15) is 5.82 Å². The van der Waals surface area contributed by atoms with Gasteiger partial charge in [-0.25, -0.2) is 4.98 Å². The van der Waals surface area contributed by atoms with Gasteiger partial charge >= 0.3 is 0 Å². The first-order valence-corrected chi connectivity index (χ1v) is 12.7. The summed E-state index contributed by atoms with van der Waals surface area (Å²) >= 11 is 0. The molecule has 2 aliphatic heterocycles. The number of anilines is 2. The molecule has 0 radical (unpaired) electrons. The molecule has 7 nitrogen and oxygen atoms in total. The van der Waals surface area contributed by atoms with E-state index in [2.05, 4.69) is 46.7 Å². The zero-order valence-electron chi connectivity index (χ0n) is 18.4. The fraction of sp³-hybridized carbons (Fsp3) is 0.375. The van der Waals surface area contributed by atoms with Gasteiger partial charge in [-0.05, 0) is 30.7 Å². The number of ether oxygens (including phenoxy) is 1. The predicted octanol–water partition coefficient (Wildman–Crippen LogP) is 4.07. The highest BCUT2D eigenvalue weighted by atomic mass is 32.3. The molecule has 2 aromatic carbocycles. The van der Waals surface area contributed by atoms with Gasteiger partial charge in [0.05, 0.1) is 28.3 Å². The Bertz CT molecular complexity index is 1140. The quantitative estimate of drug-likeness (QED) is 0.472. The molecular formula is C24H30N4O3S. The van der Waals surface area contributed by atoms with E-state index < -0.39 is 10.6 Å². The number of hydrogen-bond donors (Lipinski definition) is 4. The highest BCUT2D eigenvalue weighted by molar-refractivity contribution is 8.24. The van der Waals surface area contributed by atoms with Crippen molar-refractivity contribution in [2.45, 2.75) is 30.5 Å². The topological polar surface area (TPSA) is 89.9 Å². The lowest BCUT2D eigenvalue weighted by atomic mass is 10.1. The number of methoxy groups -OCH3 is 1. The lowest BCUT2D eigenvalue weighted by molar-refractivity contribution is 0.112. The third-order valence-corrected chi connectivity index (χ3v) is 8.26. The number of fused-ring (bicyclic) bond motifs is 2. The second-order valence-electron chi connectivity index (χ2n) is 8.63. The molecule has 0 unspecified atom stereocenters. The monoisotopic (exact) mass is 454 g/mol. The SMILES string of the molecule is CO[C@H]1CNC[C@@H]1Nc1cc(N2CCS(O)(O)c3ccccc3C2)nc2ccc(C)cc12. The van der Waals surface area contributed by atoms with Gasteiger partial charge in [0, 0.05) is 50.4 Å². The molecule has 1 saturated heterocycles. The van der Waals surface area contributed by atoms with Crippen molar-refractivity contribution in [2.75, 3.05) is 42.7 Å². The van der Waals surface area contributed by atoms with Crippen LogP contribution < -0.4 is 15.5 Å². The summed E-state index contributed by atoms with van der Waals surface area (Å²) in [6.07, 6.45) is 0.101. The van der Waals surface area contributed by atoms with Gasteiger partial charge < -0.3 is 20.3 Å². The molecule has 2 aliphatic rings. The summed E-state index contributed by atoms with van der Waals surface area (Å²) in [7, 11) is -1.07. The first-order valence-electron chi connectivity index (χ1n) is 10.9. The normalized spacial score (nSPS) is 23.6. The van der Waals surface area contributed by atoms with Crippen LogP contribution in [-0.4, -0.2) is 58.7 Å². The molecule has 1 aromatic heterocycles. The zero-order chi connectivity index (χ0) is 22.3. The molecule has 0 saturated carbocycles. The van der Waals surface area contributed by atoms with Crippen LogP contribution in [-0.2, 0) is 11.3 Å². The molecule has 8 heteroatoms. The molecule has 2 atom stereocenters. The van der Waals surface area contributed by atoms with Crippen molar-refractivity contribution >= 4 is 33.0 Å². The predicted molar refractivity (Wildman–Crippen MR) is 131 cm³/mol. The van der Waals surface area contributed by atoms with Gasteiger partial charge in [-0.15, -0.1) is 0 Å². The number of pyridine rings is 1. The van der Waals surface area contributed by atoms with E-state index in [0.717, 1.165) is 41.1 Å². The van der Waals surface area contributed by atoms with Crippen LogP contribution in [0.2, 0.25) is 0 Å². The number of aromatic nitrogens is 1. The molecule has 0 spiro atoms. The standard InChI is InChI=1S/C24H30N4O3S/c1-16-7-8-19-18(11-16)20(26-21-13-25-14-22(21)31-2)12-24(27-19)28-9-10-32(29,30)23-6-4-3-5-17(23)15-28/h3-8,11-12,21-22,25,29-30H,9-10,13-15H2,1-2H3,(H,26,27)/t21-,22-/m0/s1. The summed E-state index contributed by atoms with van der Waals surface area (Å²) < 4.78 is 27.1. The van der Waals surface area contributed by atoms with E-state index in [1.54, 1.807) is 7.11 Å². The number of nitrogens with one attached hydrogen (secondary N) is 2. The van der Waals surface area contributed by atoms with Crippen molar-refractivity contribution in [2.24, 2.45) is 0 Å². The fourth-order valence-electron chi connectivity index (χ4n) is 4.63. The number of benzene rings is 2. The number of rotatable bonds is 4. The minimum absolute atomic E-state index is 0.101. The Kier molecular flexibility index (Phi) is 5.73. The van der Waals surface area contributed by atoms with Crippen molar-refractivity contribution in [3.05, 3.63) is 59.7 Å². The van der Waals surface area contributed by atoms with Crippen LogP contribution in [0.3, 0.4) is 0 Å². The summed E-state index contributed by atoms with van der Waals surface area (Å²) in [6.45, 7) is 4.85. The van der Waals surface area contributed by atoms with Crippen LogP contribution in [0, 0.1) is 6.92 Å². The summed E-state index contributed by atoms with van der Waals surface area (Å²) in [5.74, 6) is 1.12. The van der Waals surface area contributed by atoms with E-state index in [1.165, 1.54) is 5.56 Å². The van der Waals surface area contributed by atoms with Crippen LogP contribution in [0.1, 0.15) is 11.1 Å². The Morgan fingerprint density at radius 2 is 2.00 bits per heavy atom. The van der Waals surface area contributed by atoms with E-state index in [0.29, 0.717) is 23.7 Å². The van der Waals surface area contributed by atoms with E-state index in [4.69, 9.17) is 9.72 Å². The Balaban J connectivity index is 1.55. The van der Waals surface area contributed by atoms with Crippen molar-refractivity contribution in [3.8, 4) is 0 Å². The third kappa shape index (κ3) is 4.04. The maximum atomic E-state index is 10.7. The van der Waals surface area contributed by atoms with Crippen LogP contribution in [0.25, 0.3) is 10.9 Å². The van der Waals surface area contributed by atoms with E-state index in [1.807, 2.05) is 24.3 Å². The molecular weight excluding hydrogens is 424 g/mol. The lowest BCUT2D eigenvalue weighted by Crippen LogP contribution is -2.33. The van der Waals surface area contributed by atoms with E-state index in [-0.39, 0.29) is 12.1 Å². The summed E-state index contributed by atoms with van der Waals surface area (Å²) in [5.41, 5.74) is 4.05. The van der Waals surface area contributed by atoms with Crippen molar-refractivity contribution in [3.63, 3.8) is 0 Å². The Labute approximate surface area is 190 Å². The number of aryl methyl sites for hydroxylation is 1. The zero-order valence-corrected chi connectivity index (χ0v) is 19.2. The summed E-state index contributed by atoms with van der Waals surface area (Å²) in [4.78, 5) is 7.76. The van der Waals surface area contributed by atoms with Crippen LogP contribution in [0.4, 0.5) is 11.5 Å². The second kappa shape index (κ2) is 8.53. The van der Waals surface area contributed by atoms with Crippen molar-refractivity contribution in [1.82, 2.24) is 10.3 Å². The molecule has 0 aliphatic carbocycles. The molecule has 0 amide bonds. The maximum Gasteiger partial charge on any atom is 0.131 e. The highest BCUT2D eigenvalue weighted by Crippen LogP contribution is 2.51. The smallest absolute Gasteiger partial charge is 0.131 e. The minimum Gasteiger partial charge on any atom is -0.378 e. The average Bonchev–Trinajstić information content (AvgIpc) is 3.18. The summed E-state index contributed by atoms with van der Waals surface area (Å²) in [6, 6.07) is 16.2. The average molecular weight is 455 g/mol. The van der Waals surface area contributed by atoms with Gasteiger partial charge in [0.15, 0.2) is 0 Å². The molecule has 0 bridgehead atoms. The molecule has 3 heterocycles. The molecule has 170 valence electrons. The minimum atomic E-state index is -2.82. The second-order valence-corrected chi connectivity index (χ2v) is 10.8. The highest BCUT2D eigenvalue weighted by Gasteiger charge is 2.29. The molecule has 5 rings (SSSR count). The number of hydrogen-bond acceptors (Lipinski definition) is 7. The molecule has 3 aromatic rings. The largest absolute Gasteiger partial charge is 0.378 e. The molecule has 4 N–H and O–H groups in total. The van der Waals surface area contributed by atoms with Crippen LogP contribution in [0.5, 0.6) is 0 Å². The van der Waals surface area contributed by atoms with E-state index >= 15 is 0 Å². The Morgan fingerprint density at radius 3 is 2.84 bits per heavy atom. The van der Waals surface area contributed by atoms with Crippen molar-refractivity contribution in [1.29, 1.82) is 0 Å². The number of nitrogens with zero attached hydrogens (tertiary/aromatic N) is 2. The fourth-order valence-corrected chi connectivity index (χ4v) is 6.18. The van der Waals surface area contributed by atoms with Gasteiger partial charge in [0.25, 0.3) is 0 Å². The first-order chi connectivity index (χ1) is 15.4. The Morgan fingerprint density at radius 1 is 1.16 bits per heavy atom. The first kappa shape index (κ1) is 21.5. The maximum absolute atomic E-state index is 10.7. The van der Waals surface area contributed by atoms with E-state index in [9.17, 15) is 9.11 Å². The van der Waals surface area contributed by atoms with Gasteiger partial charge in [-0.3, -0.25) is 9.11 Å². The van der Waals surface area contributed by atoms with Gasteiger partial charge in [-0.2, -0.15) is 10.6 Å². The van der Waals surface area contributed by atoms with Crippen LogP contribution in [0.15, 0.2) is 53.4 Å². The Hall–Kier alpha value is -2.36. The van der Waals surface area contributed by atoms with Gasteiger partial charge in [-0.1, -0.05) is 29.8 Å². The third-order valence-electron chi connectivity index (χ3n) is 6.41. The van der Waals surface area contributed by atoms with Crippen molar-refractivity contribution < 1.29 is 13.8 Å². The molecule has 1 fully saturated rings. The lowest BCUT2D eigenvalue weighted by Gasteiger charge is -2.32.